The van der Waals surface area contributed by atoms with Gasteiger partial charge in [-0.3, -0.25) is 9.36 Å². The summed E-state index contributed by atoms with van der Waals surface area (Å²) in [6.45, 7) is 1.51. The predicted octanol–water partition coefficient (Wildman–Crippen LogP) is 3.73. The fraction of sp³-hybridized carbons (Fsp3) is 0.219. The molecule has 0 fully saturated rings. The summed E-state index contributed by atoms with van der Waals surface area (Å²) >= 11 is 0. The lowest BCUT2D eigenvalue weighted by molar-refractivity contribution is -0.145. The van der Waals surface area contributed by atoms with Gasteiger partial charge in [-0.25, -0.2) is 19.4 Å². The highest BCUT2D eigenvalue weighted by Crippen LogP contribution is 2.31. The molecule has 0 unspecified atom stereocenters. The molecule has 11 nitrogen and oxygen atoms in total. The minimum atomic E-state index is -1.13. The smallest absolute Gasteiger partial charge is 0.408 e. The third kappa shape index (κ3) is 7.64. The summed E-state index contributed by atoms with van der Waals surface area (Å²) in [5.41, 5.74) is 2.78. The largest absolute Gasteiger partial charge is 0.467 e. The molecule has 0 aliphatic rings. The van der Waals surface area contributed by atoms with Crippen LogP contribution in [0.3, 0.4) is 0 Å². The number of ether oxygens (including phenoxy) is 3. The summed E-state index contributed by atoms with van der Waals surface area (Å²) in [6, 6.07) is 19.9. The second-order valence-corrected chi connectivity index (χ2v) is 9.48. The van der Waals surface area contributed by atoms with Crippen molar-refractivity contribution in [3.63, 3.8) is 0 Å². The maximum Gasteiger partial charge on any atom is 0.408 e. The van der Waals surface area contributed by atoms with Crippen LogP contribution in [-0.2, 0) is 41.6 Å². The Morgan fingerprint density at radius 3 is 2.33 bits per heavy atom. The Balaban J connectivity index is 1.61. The van der Waals surface area contributed by atoms with Crippen LogP contribution in [0.25, 0.3) is 22.8 Å². The fourth-order valence-electron chi connectivity index (χ4n) is 4.51. The highest BCUT2D eigenvalue weighted by atomic mass is 16.5. The molecule has 0 bridgehead atoms. The van der Waals surface area contributed by atoms with E-state index in [0.29, 0.717) is 17.1 Å². The van der Waals surface area contributed by atoms with E-state index in [2.05, 4.69) is 15.6 Å². The second-order valence-electron chi connectivity index (χ2n) is 9.48. The molecule has 4 aromatic rings. The van der Waals surface area contributed by atoms with Gasteiger partial charge in [-0.15, -0.1) is 0 Å². The van der Waals surface area contributed by atoms with Crippen molar-refractivity contribution in [1.29, 1.82) is 0 Å². The van der Waals surface area contributed by atoms with Crippen molar-refractivity contribution in [2.75, 3.05) is 14.2 Å². The minimum Gasteiger partial charge on any atom is -0.467 e. The number of rotatable bonds is 11. The lowest BCUT2D eigenvalue weighted by Gasteiger charge is -2.20. The normalized spacial score (nSPS) is 12.3. The second kappa shape index (κ2) is 14.4. The van der Waals surface area contributed by atoms with Crippen LogP contribution < -0.4 is 10.6 Å². The van der Waals surface area contributed by atoms with Crippen molar-refractivity contribution in [1.82, 2.24) is 20.2 Å². The highest BCUT2D eigenvalue weighted by molar-refractivity contribution is 5.94. The summed E-state index contributed by atoms with van der Waals surface area (Å²) < 4.78 is 16.9. The average molecular weight is 585 g/mol. The van der Waals surface area contributed by atoms with Crippen LogP contribution >= 0.6 is 0 Å². The molecule has 2 heterocycles. The summed E-state index contributed by atoms with van der Waals surface area (Å²) in [7, 11) is 2.50. The number of fused-ring (bicyclic) bond motifs is 1. The van der Waals surface area contributed by atoms with Crippen LogP contribution in [0.15, 0.2) is 85.1 Å². The number of carbonyl (C=O) groups is 4. The molecule has 2 aromatic heterocycles. The zero-order chi connectivity index (χ0) is 30.8. The average Bonchev–Trinajstić information content (AvgIpc) is 3.35. The minimum absolute atomic E-state index is 0.00474. The molecule has 0 saturated heterocycles. The van der Waals surface area contributed by atoms with E-state index in [9.17, 15) is 19.2 Å². The molecule has 2 atom stereocenters. The standard InChI is InChI=1S/C32H32N4O7/c1-21(34-32(40)43-20-22-11-5-4-6-12-22)30(38)35-25(31(39)42-3)19-24-23-13-7-8-14-26(23)36(28-15-9-10-18-33-28)27(24)16-17-29(37)41-2/h4-18,21,25H,19-20H2,1-3H3,(H,34,40)(H,35,38)/b17-16+/t21-,25-/m0/s1. The topological polar surface area (TPSA) is 138 Å². The van der Waals surface area contributed by atoms with Gasteiger partial charge in [0.25, 0.3) is 0 Å². The third-order valence-electron chi connectivity index (χ3n) is 6.63. The molecule has 2 amide bonds. The number of para-hydroxylation sites is 1. The predicted molar refractivity (Wildman–Crippen MR) is 159 cm³/mol. The number of carbonyl (C=O) groups excluding carboxylic acids is 4. The zero-order valence-corrected chi connectivity index (χ0v) is 24.0. The van der Waals surface area contributed by atoms with Crippen molar-refractivity contribution in [3.05, 3.63) is 102 Å². The van der Waals surface area contributed by atoms with E-state index in [1.165, 1.54) is 27.2 Å². The molecule has 0 aliphatic carbocycles. The first-order valence-corrected chi connectivity index (χ1v) is 13.5. The molecule has 2 aromatic carbocycles. The number of alkyl carbamates (subject to hydrolysis) is 1. The fourth-order valence-corrected chi connectivity index (χ4v) is 4.51. The lowest BCUT2D eigenvalue weighted by atomic mass is 10.0. The Morgan fingerprint density at radius 2 is 1.63 bits per heavy atom. The first kappa shape index (κ1) is 30.5. The van der Waals surface area contributed by atoms with Gasteiger partial charge in [-0.1, -0.05) is 54.6 Å². The number of aromatic nitrogens is 2. The van der Waals surface area contributed by atoms with E-state index in [1.54, 1.807) is 18.3 Å². The number of benzene rings is 2. The summed E-state index contributed by atoms with van der Waals surface area (Å²) in [5.74, 6) is -1.29. The number of hydrogen-bond donors (Lipinski definition) is 2. The highest BCUT2D eigenvalue weighted by Gasteiger charge is 2.29. The first-order chi connectivity index (χ1) is 20.8. The Bertz CT molecular complexity index is 1620. The van der Waals surface area contributed by atoms with Crippen molar-refractivity contribution in [3.8, 4) is 5.82 Å². The monoisotopic (exact) mass is 584 g/mol. The lowest BCUT2D eigenvalue weighted by Crippen LogP contribution is -2.51. The van der Waals surface area contributed by atoms with E-state index >= 15 is 0 Å². The van der Waals surface area contributed by atoms with Crippen LogP contribution in [-0.4, -0.2) is 59.8 Å². The number of amides is 2. The van der Waals surface area contributed by atoms with Gasteiger partial charge in [-0.05, 0) is 42.3 Å². The maximum absolute atomic E-state index is 13.1. The Kier molecular flexibility index (Phi) is 10.2. The summed E-state index contributed by atoms with van der Waals surface area (Å²) in [6.07, 6.45) is 3.73. The summed E-state index contributed by atoms with van der Waals surface area (Å²) in [5, 5.41) is 5.94. The first-order valence-electron chi connectivity index (χ1n) is 13.5. The molecule has 2 N–H and O–H groups in total. The van der Waals surface area contributed by atoms with Gasteiger partial charge < -0.3 is 24.8 Å². The number of nitrogens with zero attached hydrogens (tertiary/aromatic N) is 2. The SMILES string of the molecule is COC(=O)/C=C/c1c(C[C@H](NC(=O)[C@H](C)NC(=O)OCc2ccccc2)C(=O)OC)c2ccccc2n1-c1ccccn1. The van der Waals surface area contributed by atoms with E-state index in [4.69, 9.17) is 14.2 Å². The van der Waals surface area contributed by atoms with Crippen LogP contribution in [0.5, 0.6) is 0 Å². The van der Waals surface area contributed by atoms with E-state index in [1.807, 2.05) is 71.3 Å². The molecule has 0 aliphatic heterocycles. The van der Waals surface area contributed by atoms with Gasteiger partial charge in [0.05, 0.1) is 25.4 Å². The quantitative estimate of drug-likeness (QED) is 0.155. The molecule has 4 rings (SSSR count). The number of methoxy groups -OCH3 is 2. The summed E-state index contributed by atoms with van der Waals surface area (Å²) in [4.78, 5) is 54.9. The maximum atomic E-state index is 13.1. The molecular formula is C32H32N4O7. The molecule has 11 heteroatoms. The number of esters is 2. The third-order valence-corrected chi connectivity index (χ3v) is 6.63. The van der Waals surface area contributed by atoms with Gasteiger partial charge >= 0.3 is 18.0 Å². The molecule has 43 heavy (non-hydrogen) atoms. The van der Waals surface area contributed by atoms with Crippen LogP contribution in [0.4, 0.5) is 4.79 Å². The van der Waals surface area contributed by atoms with Crippen LogP contribution in [0.2, 0.25) is 0 Å². The molecule has 0 spiro atoms. The molecule has 0 radical (unpaired) electrons. The van der Waals surface area contributed by atoms with Gasteiger partial charge in [0, 0.05) is 24.1 Å². The van der Waals surface area contributed by atoms with Gasteiger partial charge in [0.15, 0.2) is 0 Å². The van der Waals surface area contributed by atoms with Crippen molar-refractivity contribution >= 4 is 40.9 Å². The Hall–Kier alpha value is -5.45. The zero-order valence-electron chi connectivity index (χ0n) is 24.0. The Labute approximate surface area is 248 Å². The van der Waals surface area contributed by atoms with Gasteiger partial charge in [0.1, 0.15) is 24.5 Å². The Morgan fingerprint density at radius 1 is 0.907 bits per heavy atom. The van der Waals surface area contributed by atoms with Crippen LogP contribution in [0.1, 0.15) is 23.7 Å². The van der Waals surface area contributed by atoms with Crippen molar-refractivity contribution < 1.29 is 33.4 Å². The molecule has 222 valence electrons. The number of nitrogens with one attached hydrogen (secondary N) is 2. The number of hydrogen-bond acceptors (Lipinski definition) is 8. The van der Waals surface area contributed by atoms with E-state index in [0.717, 1.165) is 16.5 Å². The van der Waals surface area contributed by atoms with Gasteiger partial charge in [-0.2, -0.15) is 0 Å². The van der Waals surface area contributed by atoms with Gasteiger partial charge in [0.2, 0.25) is 5.91 Å². The van der Waals surface area contributed by atoms with E-state index in [-0.39, 0.29) is 13.0 Å². The van der Waals surface area contributed by atoms with Crippen molar-refractivity contribution in [2.45, 2.75) is 32.0 Å². The molecule has 0 saturated carbocycles. The number of pyridine rings is 1. The van der Waals surface area contributed by atoms with Crippen molar-refractivity contribution in [2.24, 2.45) is 0 Å². The molecular weight excluding hydrogens is 552 g/mol. The van der Waals surface area contributed by atoms with E-state index < -0.39 is 36.0 Å². The van der Waals surface area contributed by atoms with Crippen LogP contribution in [0, 0.1) is 0 Å².